The highest BCUT2D eigenvalue weighted by molar-refractivity contribution is 5.94. The van der Waals surface area contributed by atoms with E-state index in [1.807, 2.05) is 0 Å². The summed E-state index contributed by atoms with van der Waals surface area (Å²) in [5, 5.41) is 7.65. The van der Waals surface area contributed by atoms with Gasteiger partial charge in [0.05, 0.1) is 12.3 Å². The minimum atomic E-state index is -0.766. The molecule has 0 bridgehead atoms. The van der Waals surface area contributed by atoms with E-state index >= 15 is 0 Å². The van der Waals surface area contributed by atoms with Crippen molar-refractivity contribution in [2.24, 2.45) is 5.73 Å². The predicted octanol–water partition coefficient (Wildman–Crippen LogP) is 0.563. The summed E-state index contributed by atoms with van der Waals surface area (Å²) in [5.74, 6) is -1.21. The van der Waals surface area contributed by atoms with Crippen LogP contribution in [0.1, 0.15) is 30.4 Å². The number of esters is 1. The number of nitrogens with zero attached hydrogens (tertiary/aromatic N) is 4. The Morgan fingerprint density at radius 2 is 2.19 bits per heavy atom. The Hall–Kier alpha value is -2.77. The minimum absolute atomic E-state index is 0.00338. The molecule has 0 saturated heterocycles. The van der Waals surface area contributed by atoms with Crippen LogP contribution in [0.2, 0.25) is 0 Å². The van der Waals surface area contributed by atoms with Crippen LogP contribution < -0.4 is 5.73 Å². The number of amides is 1. The maximum absolute atomic E-state index is 12.0. The van der Waals surface area contributed by atoms with E-state index in [1.165, 1.54) is 4.68 Å². The van der Waals surface area contributed by atoms with E-state index in [0.29, 0.717) is 11.4 Å². The predicted molar refractivity (Wildman–Crippen MR) is 73.1 cm³/mol. The largest absolute Gasteiger partial charge is 0.461 e. The molecule has 0 saturated carbocycles. The van der Waals surface area contributed by atoms with Crippen molar-refractivity contribution in [3.63, 3.8) is 0 Å². The van der Waals surface area contributed by atoms with Crippen LogP contribution in [0.15, 0.2) is 24.4 Å². The third-order valence-electron chi connectivity index (χ3n) is 2.85. The van der Waals surface area contributed by atoms with Gasteiger partial charge in [0, 0.05) is 6.20 Å². The van der Waals surface area contributed by atoms with E-state index in [4.69, 9.17) is 10.5 Å². The van der Waals surface area contributed by atoms with Crippen LogP contribution >= 0.6 is 0 Å². The topological polar surface area (TPSA) is 113 Å². The number of rotatable bonds is 5. The zero-order valence-corrected chi connectivity index (χ0v) is 11.7. The molecule has 8 nitrogen and oxygen atoms in total. The standard InChI is InChI=1S/C13H15N5O3/c1-3-21-13(20)10-11(9-6-4-5-7-15-9)18(17-16-10)8(2)12(14)19/h4-8H,3H2,1-2H3,(H2,14,19). The molecule has 1 atom stereocenters. The van der Waals surface area contributed by atoms with E-state index in [0.717, 1.165) is 0 Å². The summed E-state index contributed by atoms with van der Waals surface area (Å²) in [6, 6.07) is 4.41. The van der Waals surface area contributed by atoms with E-state index in [2.05, 4.69) is 15.3 Å². The van der Waals surface area contributed by atoms with Crippen LogP contribution in [0.4, 0.5) is 0 Å². The van der Waals surface area contributed by atoms with Gasteiger partial charge in [-0.2, -0.15) is 0 Å². The Labute approximate surface area is 120 Å². The molecule has 1 unspecified atom stereocenters. The van der Waals surface area contributed by atoms with Crippen LogP contribution in [0.5, 0.6) is 0 Å². The fourth-order valence-corrected chi connectivity index (χ4v) is 1.76. The number of pyridine rings is 1. The van der Waals surface area contributed by atoms with Crippen molar-refractivity contribution in [2.45, 2.75) is 19.9 Å². The van der Waals surface area contributed by atoms with Crippen molar-refractivity contribution in [3.8, 4) is 11.4 Å². The van der Waals surface area contributed by atoms with E-state index < -0.39 is 17.9 Å². The van der Waals surface area contributed by atoms with Gasteiger partial charge in [-0.15, -0.1) is 5.10 Å². The Morgan fingerprint density at radius 1 is 1.43 bits per heavy atom. The van der Waals surface area contributed by atoms with Crippen LogP contribution in [0.3, 0.4) is 0 Å². The van der Waals surface area contributed by atoms with Crippen LogP contribution in [0.25, 0.3) is 11.4 Å². The average molecular weight is 289 g/mol. The first-order chi connectivity index (χ1) is 10.1. The van der Waals surface area contributed by atoms with Crippen LogP contribution in [-0.4, -0.2) is 38.5 Å². The molecule has 110 valence electrons. The zero-order valence-electron chi connectivity index (χ0n) is 11.7. The Bertz CT molecular complexity index is 653. The molecule has 2 rings (SSSR count). The van der Waals surface area contributed by atoms with Gasteiger partial charge in [0.1, 0.15) is 11.7 Å². The molecule has 2 N–H and O–H groups in total. The summed E-state index contributed by atoms with van der Waals surface area (Å²) in [4.78, 5) is 27.5. The first-order valence-corrected chi connectivity index (χ1v) is 6.39. The molecule has 2 heterocycles. The van der Waals surface area contributed by atoms with Crippen molar-refractivity contribution >= 4 is 11.9 Å². The second-order valence-corrected chi connectivity index (χ2v) is 4.25. The number of carbonyl (C=O) groups is 2. The molecule has 0 fully saturated rings. The summed E-state index contributed by atoms with van der Waals surface area (Å²) in [7, 11) is 0. The lowest BCUT2D eigenvalue weighted by Crippen LogP contribution is -2.25. The highest BCUT2D eigenvalue weighted by Crippen LogP contribution is 2.23. The molecular weight excluding hydrogens is 274 g/mol. The number of aromatic nitrogens is 4. The summed E-state index contributed by atoms with van der Waals surface area (Å²) in [5.41, 5.74) is 6.06. The number of ether oxygens (including phenoxy) is 1. The van der Waals surface area contributed by atoms with Gasteiger partial charge in [-0.05, 0) is 26.0 Å². The molecule has 0 aliphatic rings. The molecule has 0 spiro atoms. The molecule has 1 amide bonds. The molecule has 8 heteroatoms. The maximum Gasteiger partial charge on any atom is 0.361 e. The SMILES string of the molecule is CCOC(=O)c1nnn(C(C)C(N)=O)c1-c1ccccn1. The second kappa shape index (κ2) is 6.12. The molecule has 0 aliphatic heterocycles. The monoisotopic (exact) mass is 289 g/mol. The van der Waals surface area contributed by atoms with Gasteiger partial charge < -0.3 is 10.5 Å². The summed E-state index contributed by atoms with van der Waals surface area (Å²) < 4.78 is 6.22. The van der Waals surface area contributed by atoms with Crippen molar-refractivity contribution in [2.75, 3.05) is 6.61 Å². The third-order valence-corrected chi connectivity index (χ3v) is 2.85. The van der Waals surface area contributed by atoms with E-state index in [9.17, 15) is 9.59 Å². The molecule has 0 aromatic carbocycles. The minimum Gasteiger partial charge on any atom is -0.461 e. The van der Waals surface area contributed by atoms with Crippen molar-refractivity contribution in [3.05, 3.63) is 30.1 Å². The fourth-order valence-electron chi connectivity index (χ4n) is 1.76. The smallest absolute Gasteiger partial charge is 0.361 e. The van der Waals surface area contributed by atoms with Gasteiger partial charge in [-0.3, -0.25) is 9.78 Å². The summed E-state index contributed by atoms with van der Waals surface area (Å²) in [6.45, 7) is 3.46. The highest BCUT2D eigenvalue weighted by atomic mass is 16.5. The number of primary amides is 1. The zero-order chi connectivity index (χ0) is 15.4. The molecule has 0 aliphatic carbocycles. The first-order valence-electron chi connectivity index (χ1n) is 6.39. The van der Waals surface area contributed by atoms with E-state index in [1.54, 1.807) is 38.2 Å². The van der Waals surface area contributed by atoms with Gasteiger partial charge in [-0.25, -0.2) is 9.48 Å². The van der Waals surface area contributed by atoms with Crippen molar-refractivity contribution < 1.29 is 14.3 Å². The molecule has 0 radical (unpaired) electrons. The summed E-state index contributed by atoms with van der Waals surface area (Å²) >= 11 is 0. The number of nitrogens with two attached hydrogens (primary N) is 1. The van der Waals surface area contributed by atoms with Crippen LogP contribution in [-0.2, 0) is 9.53 Å². The Balaban J connectivity index is 2.58. The normalized spacial score (nSPS) is 11.9. The van der Waals surface area contributed by atoms with E-state index in [-0.39, 0.29) is 12.3 Å². The highest BCUT2D eigenvalue weighted by Gasteiger charge is 2.27. The van der Waals surface area contributed by atoms with Gasteiger partial charge in [0.2, 0.25) is 5.91 Å². The molecular formula is C13H15N5O3. The van der Waals surface area contributed by atoms with Gasteiger partial charge in [-0.1, -0.05) is 11.3 Å². The lowest BCUT2D eigenvalue weighted by atomic mass is 10.2. The lowest BCUT2D eigenvalue weighted by Gasteiger charge is -2.11. The quantitative estimate of drug-likeness (QED) is 0.805. The Kier molecular flexibility index (Phi) is 4.27. The van der Waals surface area contributed by atoms with Crippen molar-refractivity contribution in [1.29, 1.82) is 0 Å². The second-order valence-electron chi connectivity index (χ2n) is 4.25. The van der Waals surface area contributed by atoms with Crippen molar-refractivity contribution in [1.82, 2.24) is 20.0 Å². The maximum atomic E-state index is 12.0. The first kappa shape index (κ1) is 14.6. The van der Waals surface area contributed by atoms with Gasteiger partial charge in [0.15, 0.2) is 5.69 Å². The number of hydrogen-bond acceptors (Lipinski definition) is 6. The molecule has 2 aromatic rings. The van der Waals surface area contributed by atoms with Gasteiger partial charge in [0.25, 0.3) is 0 Å². The van der Waals surface area contributed by atoms with Gasteiger partial charge >= 0.3 is 5.97 Å². The Morgan fingerprint density at radius 3 is 2.76 bits per heavy atom. The number of carbonyl (C=O) groups excluding carboxylic acids is 2. The average Bonchev–Trinajstić information content (AvgIpc) is 2.92. The molecule has 21 heavy (non-hydrogen) atoms. The third kappa shape index (κ3) is 2.88. The fraction of sp³-hybridized carbons (Fsp3) is 0.308. The molecule has 2 aromatic heterocycles. The number of hydrogen-bond donors (Lipinski definition) is 1. The lowest BCUT2D eigenvalue weighted by molar-refractivity contribution is -0.120. The van der Waals surface area contributed by atoms with Crippen LogP contribution in [0, 0.1) is 0 Å². The summed E-state index contributed by atoms with van der Waals surface area (Å²) in [6.07, 6.45) is 1.57.